The fourth-order valence-corrected chi connectivity index (χ4v) is 3.80. The number of carbonyl (C=O) groups excluding carboxylic acids is 1. The van der Waals surface area contributed by atoms with E-state index in [0.29, 0.717) is 10.0 Å². The van der Waals surface area contributed by atoms with Gasteiger partial charge in [-0.15, -0.1) is 0 Å². The predicted octanol–water partition coefficient (Wildman–Crippen LogP) is 3.41. The first kappa shape index (κ1) is 19.0. The molecule has 0 aliphatic carbocycles. The van der Waals surface area contributed by atoms with Gasteiger partial charge in [0, 0.05) is 10.5 Å². The Labute approximate surface area is 154 Å². The van der Waals surface area contributed by atoms with Crippen molar-refractivity contribution in [3.05, 3.63) is 58.6 Å². The average Bonchev–Trinajstić information content (AvgIpc) is 2.60. The molecular formula is C17H15BrO6S. The van der Waals surface area contributed by atoms with Gasteiger partial charge in [0.1, 0.15) is 4.90 Å². The van der Waals surface area contributed by atoms with E-state index in [1.807, 2.05) is 0 Å². The van der Waals surface area contributed by atoms with E-state index in [9.17, 15) is 13.2 Å². The van der Waals surface area contributed by atoms with E-state index in [4.69, 9.17) is 8.92 Å². The van der Waals surface area contributed by atoms with Gasteiger partial charge in [0.15, 0.2) is 11.5 Å². The summed E-state index contributed by atoms with van der Waals surface area (Å²) in [7, 11) is -1.37. The molecular weight excluding hydrogens is 412 g/mol. The zero-order chi connectivity index (χ0) is 18.4. The summed E-state index contributed by atoms with van der Waals surface area (Å²) in [4.78, 5) is 11.1. The Morgan fingerprint density at radius 1 is 1.08 bits per heavy atom. The molecule has 25 heavy (non-hydrogen) atoms. The maximum absolute atomic E-state index is 12.4. The minimum absolute atomic E-state index is 0.00622. The maximum atomic E-state index is 12.4. The van der Waals surface area contributed by atoms with E-state index in [-0.39, 0.29) is 16.4 Å². The largest absolute Gasteiger partial charge is 0.493 e. The lowest BCUT2D eigenvalue weighted by Gasteiger charge is -2.12. The number of halogens is 1. The minimum atomic E-state index is -4.04. The first-order chi connectivity index (χ1) is 11.9. The highest BCUT2D eigenvalue weighted by atomic mass is 79.9. The van der Waals surface area contributed by atoms with Crippen molar-refractivity contribution in [1.29, 1.82) is 0 Å². The van der Waals surface area contributed by atoms with Gasteiger partial charge in [-0.2, -0.15) is 8.42 Å². The van der Waals surface area contributed by atoms with Crippen molar-refractivity contribution in [3.8, 4) is 11.5 Å². The van der Waals surface area contributed by atoms with Crippen LogP contribution in [-0.2, 0) is 19.6 Å². The zero-order valence-corrected chi connectivity index (χ0v) is 15.8. The minimum Gasteiger partial charge on any atom is -0.493 e. The fourth-order valence-electron chi connectivity index (χ4n) is 1.90. The van der Waals surface area contributed by atoms with Crippen molar-refractivity contribution in [2.45, 2.75) is 4.90 Å². The quantitative estimate of drug-likeness (QED) is 0.400. The van der Waals surface area contributed by atoms with Crippen LogP contribution in [0.25, 0.3) is 6.08 Å². The molecule has 0 amide bonds. The Morgan fingerprint density at radius 2 is 1.80 bits per heavy atom. The van der Waals surface area contributed by atoms with Gasteiger partial charge in [-0.3, -0.25) is 0 Å². The Hall–Kier alpha value is -2.32. The lowest BCUT2D eigenvalue weighted by Crippen LogP contribution is -2.11. The topological polar surface area (TPSA) is 78.9 Å². The molecule has 0 fully saturated rings. The van der Waals surface area contributed by atoms with E-state index >= 15 is 0 Å². The highest BCUT2D eigenvalue weighted by Gasteiger charge is 2.21. The average molecular weight is 427 g/mol. The van der Waals surface area contributed by atoms with E-state index in [2.05, 4.69) is 20.7 Å². The molecule has 0 saturated carbocycles. The Bertz CT molecular complexity index is 905. The standard InChI is InChI=1S/C17H15BrO6S/c1-22-15-11-12(8-10-17(19)23-2)7-9-14(15)24-25(20,21)16-6-4-3-5-13(16)18/h3-11H,1-2H3. The first-order valence-corrected chi connectivity index (χ1v) is 9.20. The third-order valence-electron chi connectivity index (χ3n) is 3.11. The fraction of sp³-hybridized carbons (Fsp3) is 0.118. The van der Waals surface area contributed by atoms with Gasteiger partial charge >= 0.3 is 16.1 Å². The van der Waals surface area contributed by atoms with E-state index < -0.39 is 16.1 Å². The van der Waals surface area contributed by atoms with Crippen LogP contribution in [0.1, 0.15) is 5.56 Å². The van der Waals surface area contributed by atoms with Crippen molar-refractivity contribution in [2.24, 2.45) is 0 Å². The first-order valence-electron chi connectivity index (χ1n) is 7.00. The van der Waals surface area contributed by atoms with Crippen molar-refractivity contribution in [1.82, 2.24) is 0 Å². The molecule has 0 heterocycles. The highest BCUT2D eigenvalue weighted by molar-refractivity contribution is 9.10. The SMILES string of the molecule is COC(=O)C=Cc1ccc(OS(=O)(=O)c2ccccc2Br)c(OC)c1. The molecule has 0 N–H and O–H groups in total. The van der Waals surface area contributed by atoms with Crippen LogP contribution in [0.4, 0.5) is 0 Å². The second-order valence-electron chi connectivity index (χ2n) is 4.73. The molecule has 0 spiro atoms. The number of hydrogen-bond donors (Lipinski definition) is 0. The van der Waals surface area contributed by atoms with Gasteiger partial charge in [0.25, 0.3) is 0 Å². The summed E-state index contributed by atoms with van der Waals surface area (Å²) >= 11 is 3.19. The monoisotopic (exact) mass is 426 g/mol. The normalized spacial score (nSPS) is 11.3. The van der Waals surface area contributed by atoms with Crippen LogP contribution >= 0.6 is 15.9 Å². The van der Waals surface area contributed by atoms with E-state index in [1.165, 1.54) is 38.5 Å². The van der Waals surface area contributed by atoms with Crippen LogP contribution in [0.2, 0.25) is 0 Å². The molecule has 132 valence electrons. The van der Waals surface area contributed by atoms with E-state index in [0.717, 1.165) is 0 Å². The van der Waals surface area contributed by atoms with Gasteiger partial charge < -0.3 is 13.7 Å². The second kappa shape index (κ2) is 8.17. The second-order valence-corrected chi connectivity index (χ2v) is 7.10. The van der Waals surface area contributed by atoms with Gasteiger partial charge in [-0.05, 0) is 51.8 Å². The molecule has 8 heteroatoms. The Balaban J connectivity index is 2.32. The molecule has 0 unspecified atom stereocenters. The summed E-state index contributed by atoms with van der Waals surface area (Å²) in [6.45, 7) is 0. The number of esters is 1. The van der Waals surface area contributed by atoms with E-state index in [1.54, 1.807) is 30.3 Å². The summed E-state index contributed by atoms with van der Waals surface area (Å²) in [5, 5.41) is 0. The van der Waals surface area contributed by atoms with Crippen molar-refractivity contribution in [3.63, 3.8) is 0 Å². The molecule has 2 aromatic rings. The molecule has 2 aromatic carbocycles. The Kier molecular flexibility index (Phi) is 6.22. The molecule has 0 atom stereocenters. The number of hydrogen-bond acceptors (Lipinski definition) is 6. The molecule has 0 aromatic heterocycles. The predicted molar refractivity (Wildman–Crippen MR) is 96.0 cm³/mol. The van der Waals surface area contributed by atoms with Crippen molar-refractivity contribution < 1.29 is 26.9 Å². The third-order valence-corrected chi connectivity index (χ3v) is 5.35. The summed E-state index contributed by atoms with van der Waals surface area (Å²) in [5.41, 5.74) is 0.618. The highest BCUT2D eigenvalue weighted by Crippen LogP contribution is 2.32. The molecule has 0 aliphatic heterocycles. The molecule has 2 rings (SSSR count). The van der Waals surface area contributed by atoms with Crippen LogP contribution in [-0.4, -0.2) is 28.6 Å². The smallest absolute Gasteiger partial charge is 0.340 e. The zero-order valence-electron chi connectivity index (χ0n) is 13.4. The van der Waals surface area contributed by atoms with Crippen LogP contribution in [0.15, 0.2) is 57.9 Å². The van der Waals surface area contributed by atoms with Gasteiger partial charge in [-0.25, -0.2) is 4.79 Å². The van der Waals surface area contributed by atoms with Crippen LogP contribution in [0.5, 0.6) is 11.5 Å². The van der Waals surface area contributed by atoms with Gasteiger partial charge in [-0.1, -0.05) is 18.2 Å². The lowest BCUT2D eigenvalue weighted by atomic mass is 10.2. The van der Waals surface area contributed by atoms with Crippen LogP contribution in [0.3, 0.4) is 0 Å². The third kappa shape index (κ3) is 4.83. The van der Waals surface area contributed by atoms with Crippen molar-refractivity contribution in [2.75, 3.05) is 14.2 Å². The summed E-state index contributed by atoms with van der Waals surface area (Å²) < 4.78 is 40.2. The maximum Gasteiger partial charge on any atom is 0.340 e. The van der Waals surface area contributed by atoms with Crippen LogP contribution < -0.4 is 8.92 Å². The molecule has 0 radical (unpaired) electrons. The van der Waals surface area contributed by atoms with Crippen LogP contribution in [0, 0.1) is 0 Å². The molecule has 0 saturated heterocycles. The number of methoxy groups -OCH3 is 2. The number of ether oxygens (including phenoxy) is 2. The molecule has 0 aliphatic rings. The lowest BCUT2D eigenvalue weighted by molar-refractivity contribution is -0.134. The molecule has 0 bridgehead atoms. The number of benzene rings is 2. The molecule has 6 nitrogen and oxygen atoms in total. The summed E-state index contributed by atoms with van der Waals surface area (Å²) in [6, 6.07) is 10.9. The number of rotatable bonds is 6. The summed E-state index contributed by atoms with van der Waals surface area (Å²) in [5.74, 6) is -0.257. The Morgan fingerprint density at radius 3 is 2.44 bits per heavy atom. The van der Waals surface area contributed by atoms with Crippen molar-refractivity contribution >= 4 is 38.1 Å². The van der Waals surface area contributed by atoms with Gasteiger partial charge in [0.2, 0.25) is 0 Å². The van der Waals surface area contributed by atoms with Gasteiger partial charge in [0.05, 0.1) is 14.2 Å². The summed E-state index contributed by atoms with van der Waals surface area (Å²) in [6.07, 6.45) is 2.76. The number of carbonyl (C=O) groups is 1.